The van der Waals surface area contributed by atoms with Gasteiger partial charge in [-0.3, -0.25) is 9.78 Å². The van der Waals surface area contributed by atoms with E-state index in [1.54, 1.807) is 42.9 Å². The molecule has 0 radical (unpaired) electrons. The van der Waals surface area contributed by atoms with Gasteiger partial charge in [-0.05, 0) is 18.2 Å². The van der Waals surface area contributed by atoms with E-state index < -0.39 is 0 Å². The van der Waals surface area contributed by atoms with Crippen LogP contribution in [0.2, 0.25) is 0 Å². The molecule has 6 nitrogen and oxygen atoms in total. The van der Waals surface area contributed by atoms with E-state index in [1.807, 2.05) is 0 Å². The highest BCUT2D eigenvalue weighted by Crippen LogP contribution is 2.16. The van der Waals surface area contributed by atoms with E-state index in [0.29, 0.717) is 30.3 Å². The number of carbonyl (C=O) groups excluding carboxylic acids is 1. The molecule has 1 saturated heterocycles. The highest BCUT2D eigenvalue weighted by molar-refractivity contribution is 6.04. The molecule has 1 fully saturated rings. The molecule has 1 atom stereocenters. The van der Waals surface area contributed by atoms with Gasteiger partial charge >= 0.3 is 0 Å². The monoisotopic (exact) mass is 285 g/mol. The SMILES string of the molecule is O=C(Nc1cccnc1)c1ccnc(O[C@H]2CCOC2)c1. The van der Waals surface area contributed by atoms with Crippen LogP contribution in [0.5, 0.6) is 5.88 Å². The van der Waals surface area contributed by atoms with Crippen LogP contribution in [-0.4, -0.2) is 35.2 Å². The van der Waals surface area contributed by atoms with Crippen LogP contribution in [0.4, 0.5) is 5.69 Å². The summed E-state index contributed by atoms with van der Waals surface area (Å²) in [6.45, 7) is 1.26. The van der Waals surface area contributed by atoms with Gasteiger partial charge in [0.15, 0.2) is 0 Å². The number of nitrogens with zero attached hydrogens (tertiary/aromatic N) is 2. The Balaban J connectivity index is 1.68. The van der Waals surface area contributed by atoms with E-state index in [-0.39, 0.29) is 12.0 Å². The predicted octanol–water partition coefficient (Wildman–Crippen LogP) is 1.90. The highest BCUT2D eigenvalue weighted by atomic mass is 16.5. The van der Waals surface area contributed by atoms with E-state index in [9.17, 15) is 4.79 Å². The van der Waals surface area contributed by atoms with Gasteiger partial charge in [0.05, 0.1) is 25.1 Å². The summed E-state index contributed by atoms with van der Waals surface area (Å²) in [7, 11) is 0. The molecule has 108 valence electrons. The Kier molecular flexibility index (Phi) is 4.07. The number of amides is 1. The molecule has 2 aromatic heterocycles. The van der Waals surface area contributed by atoms with Crippen molar-refractivity contribution in [1.82, 2.24) is 9.97 Å². The van der Waals surface area contributed by atoms with Crippen LogP contribution in [0, 0.1) is 0 Å². The molecule has 1 aliphatic rings. The van der Waals surface area contributed by atoms with Crippen LogP contribution in [0.15, 0.2) is 42.9 Å². The standard InChI is InChI=1S/C15H15N3O3/c19-15(18-12-2-1-5-16-9-12)11-3-6-17-14(8-11)21-13-4-7-20-10-13/h1-3,5-6,8-9,13H,4,7,10H2,(H,18,19)/t13-/m0/s1. The zero-order valence-corrected chi connectivity index (χ0v) is 11.4. The van der Waals surface area contributed by atoms with Gasteiger partial charge in [-0.2, -0.15) is 0 Å². The fourth-order valence-corrected chi connectivity index (χ4v) is 2.03. The summed E-state index contributed by atoms with van der Waals surface area (Å²) in [6.07, 6.45) is 5.65. The van der Waals surface area contributed by atoms with Gasteiger partial charge in [0.25, 0.3) is 5.91 Å². The Morgan fingerprint density at radius 1 is 1.38 bits per heavy atom. The zero-order valence-electron chi connectivity index (χ0n) is 11.4. The first-order valence-corrected chi connectivity index (χ1v) is 6.73. The average Bonchev–Trinajstić information content (AvgIpc) is 3.01. The molecule has 6 heteroatoms. The lowest BCUT2D eigenvalue weighted by molar-refractivity contribution is 0.102. The first kappa shape index (κ1) is 13.5. The third kappa shape index (κ3) is 3.55. The minimum absolute atomic E-state index is 0.00846. The first-order valence-electron chi connectivity index (χ1n) is 6.73. The molecule has 0 spiro atoms. The molecule has 21 heavy (non-hydrogen) atoms. The largest absolute Gasteiger partial charge is 0.472 e. The fourth-order valence-electron chi connectivity index (χ4n) is 2.03. The third-order valence-corrected chi connectivity index (χ3v) is 3.09. The summed E-state index contributed by atoms with van der Waals surface area (Å²) in [4.78, 5) is 20.2. The van der Waals surface area contributed by atoms with E-state index in [2.05, 4.69) is 15.3 Å². The molecule has 0 bridgehead atoms. The van der Waals surface area contributed by atoms with Gasteiger partial charge < -0.3 is 14.8 Å². The summed E-state index contributed by atoms with van der Waals surface area (Å²) in [5.41, 5.74) is 1.13. The second-order valence-corrected chi connectivity index (χ2v) is 4.68. The van der Waals surface area contributed by atoms with Gasteiger partial charge in [0, 0.05) is 30.4 Å². The van der Waals surface area contributed by atoms with Crippen molar-refractivity contribution in [2.45, 2.75) is 12.5 Å². The zero-order chi connectivity index (χ0) is 14.5. The molecule has 0 saturated carbocycles. The summed E-state index contributed by atoms with van der Waals surface area (Å²) >= 11 is 0. The van der Waals surface area contributed by atoms with E-state index in [4.69, 9.17) is 9.47 Å². The quantitative estimate of drug-likeness (QED) is 0.928. The van der Waals surface area contributed by atoms with Crippen molar-refractivity contribution in [2.75, 3.05) is 18.5 Å². The predicted molar refractivity (Wildman–Crippen MR) is 76.3 cm³/mol. The molecule has 1 aliphatic heterocycles. The highest BCUT2D eigenvalue weighted by Gasteiger charge is 2.18. The molecule has 3 rings (SSSR count). The Hall–Kier alpha value is -2.47. The molecule has 0 aromatic carbocycles. The number of carbonyl (C=O) groups is 1. The second kappa shape index (κ2) is 6.32. The summed E-state index contributed by atoms with van der Waals surface area (Å²) in [5.74, 6) is 0.210. The van der Waals surface area contributed by atoms with Crippen molar-refractivity contribution in [2.24, 2.45) is 0 Å². The van der Waals surface area contributed by atoms with Gasteiger partial charge in [0.1, 0.15) is 6.10 Å². The van der Waals surface area contributed by atoms with E-state index in [1.165, 1.54) is 0 Å². The van der Waals surface area contributed by atoms with Crippen LogP contribution in [0.1, 0.15) is 16.8 Å². The summed E-state index contributed by atoms with van der Waals surface area (Å²) in [6, 6.07) is 6.81. The van der Waals surface area contributed by atoms with Crippen molar-refractivity contribution in [3.63, 3.8) is 0 Å². The van der Waals surface area contributed by atoms with Crippen LogP contribution >= 0.6 is 0 Å². The van der Waals surface area contributed by atoms with Gasteiger partial charge in [0.2, 0.25) is 5.88 Å². The molecule has 3 heterocycles. The van der Waals surface area contributed by atoms with Gasteiger partial charge in [-0.1, -0.05) is 0 Å². The number of nitrogens with one attached hydrogen (secondary N) is 1. The molecular formula is C15H15N3O3. The van der Waals surface area contributed by atoms with Crippen LogP contribution in [0.25, 0.3) is 0 Å². The number of aromatic nitrogens is 2. The summed E-state index contributed by atoms with van der Waals surface area (Å²) < 4.78 is 10.9. The van der Waals surface area contributed by atoms with Crippen LogP contribution in [-0.2, 0) is 4.74 Å². The summed E-state index contributed by atoms with van der Waals surface area (Å²) in [5, 5.41) is 2.77. The van der Waals surface area contributed by atoms with Crippen molar-refractivity contribution in [1.29, 1.82) is 0 Å². The van der Waals surface area contributed by atoms with Crippen molar-refractivity contribution in [3.8, 4) is 5.88 Å². The second-order valence-electron chi connectivity index (χ2n) is 4.68. The minimum Gasteiger partial charge on any atom is -0.472 e. The maximum atomic E-state index is 12.2. The Morgan fingerprint density at radius 3 is 3.10 bits per heavy atom. The van der Waals surface area contributed by atoms with Crippen LogP contribution in [0.3, 0.4) is 0 Å². The van der Waals surface area contributed by atoms with E-state index >= 15 is 0 Å². The number of rotatable bonds is 4. The lowest BCUT2D eigenvalue weighted by Crippen LogP contribution is -2.17. The number of anilines is 1. The van der Waals surface area contributed by atoms with Crippen molar-refractivity contribution < 1.29 is 14.3 Å². The lowest BCUT2D eigenvalue weighted by Gasteiger charge is -2.11. The normalized spacial score (nSPS) is 17.4. The Labute approximate surface area is 122 Å². The molecular weight excluding hydrogens is 270 g/mol. The number of ether oxygens (including phenoxy) is 2. The Bertz CT molecular complexity index is 613. The number of hydrogen-bond donors (Lipinski definition) is 1. The van der Waals surface area contributed by atoms with Crippen LogP contribution < -0.4 is 10.1 Å². The molecule has 0 aliphatic carbocycles. The van der Waals surface area contributed by atoms with Gasteiger partial charge in [-0.25, -0.2) is 4.98 Å². The average molecular weight is 285 g/mol. The molecule has 0 unspecified atom stereocenters. The maximum Gasteiger partial charge on any atom is 0.255 e. The molecule has 2 aromatic rings. The maximum absolute atomic E-state index is 12.2. The lowest BCUT2D eigenvalue weighted by atomic mass is 10.2. The van der Waals surface area contributed by atoms with Crippen molar-refractivity contribution in [3.05, 3.63) is 48.4 Å². The van der Waals surface area contributed by atoms with Gasteiger partial charge in [-0.15, -0.1) is 0 Å². The Morgan fingerprint density at radius 2 is 2.33 bits per heavy atom. The number of hydrogen-bond acceptors (Lipinski definition) is 5. The molecule has 1 amide bonds. The fraction of sp³-hybridized carbons (Fsp3) is 0.267. The first-order chi connectivity index (χ1) is 10.3. The number of pyridine rings is 2. The molecule has 1 N–H and O–H groups in total. The van der Waals surface area contributed by atoms with E-state index in [0.717, 1.165) is 6.42 Å². The smallest absolute Gasteiger partial charge is 0.255 e. The third-order valence-electron chi connectivity index (χ3n) is 3.09. The van der Waals surface area contributed by atoms with Crippen molar-refractivity contribution >= 4 is 11.6 Å². The minimum atomic E-state index is -0.224. The topological polar surface area (TPSA) is 73.3 Å².